The number of nitrogens with one attached hydrogen (secondary N) is 1. The molecule has 1 aliphatic rings. The van der Waals surface area contributed by atoms with Crippen LogP contribution in [0.2, 0.25) is 0 Å². The summed E-state index contributed by atoms with van der Waals surface area (Å²) < 4.78 is 31.8. The number of ether oxygens (including phenoxy) is 1. The fraction of sp³-hybridized carbons (Fsp3) is 0.875. The molecule has 3 nitrogen and oxygen atoms in total. The molecule has 0 aromatic rings. The average molecular weight is 193 g/mol. The molecule has 1 aliphatic heterocycles. The highest BCUT2D eigenvalue weighted by atomic mass is 19.3. The van der Waals surface area contributed by atoms with E-state index in [2.05, 4.69) is 5.32 Å². The van der Waals surface area contributed by atoms with Gasteiger partial charge in [-0.05, 0) is 20.8 Å². The lowest BCUT2D eigenvalue weighted by Gasteiger charge is -2.34. The average Bonchev–Trinajstić information content (AvgIpc) is 2.04. The van der Waals surface area contributed by atoms with Gasteiger partial charge >= 0.3 is 0 Å². The largest absolute Gasteiger partial charge is 0.359 e. The molecule has 0 bridgehead atoms. The second kappa shape index (κ2) is 2.90. The molecule has 0 saturated carbocycles. The van der Waals surface area contributed by atoms with Crippen molar-refractivity contribution in [2.75, 3.05) is 6.61 Å². The first kappa shape index (κ1) is 10.4. The maximum Gasteiger partial charge on any atom is 0.295 e. The van der Waals surface area contributed by atoms with Crippen molar-refractivity contribution in [1.29, 1.82) is 0 Å². The molecular formula is C8H13F2NO2. The predicted molar refractivity (Wildman–Crippen MR) is 42.6 cm³/mol. The van der Waals surface area contributed by atoms with Crippen molar-refractivity contribution in [2.24, 2.45) is 0 Å². The molecular weight excluding hydrogens is 180 g/mol. The highest BCUT2D eigenvalue weighted by Crippen LogP contribution is 2.35. The third-order valence-corrected chi connectivity index (χ3v) is 2.29. The number of carbonyl (C=O) groups excluding carboxylic acids is 1. The first-order chi connectivity index (χ1) is 5.77. The summed E-state index contributed by atoms with van der Waals surface area (Å²) in [4.78, 5) is 10.9. The molecule has 1 amide bonds. The van der Waals surface area contributed by atoms with Gasteiger partial charge in [-0.15, -0.1) is 0 Å². The third-order valence-electron chi connectivity index (χ3n) is 2.29. The van der Waals surface area contributed by atoms with Crippen LogP contribution in [-0.4, -0.2) is 30.1 Å². The van der Waals surface area contributed by atoms with Crippen molar-refractivity contribution in [3.8, 4) is 0 Å². The Bertz CT molecular complexity index is 228. The van der Waals surface area contributed by atoms with Gasteiger partial charge in [0.15, 0.2) is 0 Å². The van der Waals surface area contributed by atoms with Crippen LogP contribution in [-0.2, 0) is 9.53 Å². The van der Waals surface area contributed by atoms with E-state index in [4.69, 9.17) is 4.74 Å². The van der Waals surface area contributed by atoms with Crippen LogP contribution < -0.4 is 5.32 Å². The molecule has 0 aliphatic carbocycles. The Kier molecular flexibility index (Phi) is 2.32. The Morgan fingerprint density at radius 3 is 2.62 bits per heavy atom. The van der Waals surface area contributed by atoms with Crippen molar-refractivity contribution in [2.45, 2.75) is 38.3 Å². The smallest absolute Gasteiger partial charge is 0.295 e. The highest BCUT2D eigenvalue weighted by molar-refractivity contribution is 5.78. The second-order valence-corrected chi connectivity index (χ2v) is 3.71. The minimum absolute atomic E-state index is 0.313. The van der Waals surface area contributed by atoms with E-state index in [9.17, 15) is 13.6 Å². The van der Waals surface area contributed by atoms with Crippen molar-refractivity contribution in [3.63, 3.8) is 0 Å². The van der Waals surface area contributed by atoms with E-state index in [1.54, 1.807) is 0 Å². The summed E-state index contributed by atoms with van der Waals surface area (Å²) in [6.45, 7) is 3.52. The van der Waals surface area contributed by atoms with Crippen LogP contribution in [0.15, 0.2) is 0 Å². The van der Waals surface area contributed by atoms with Crippen LogP contribution in [0.25, 0.3) is 0 Å². The van der Waals surface area contributed by atoms with E-state index in [0.717, 1.165) is 0 Å². The summed E-state index contributed by atoms with van der Waals surface area (Å²) in [7, 11) is 0. The monoisotopic (exact) mass is 193 g/mol. The number of rotatable bonds is 0. The maximum atomic E-state index is 13.5. The molecule has 0 aromatic carbocycles. The quantitative estimate of drug-likeness (QED) is 0.621. The van der Waals surface area contributed by atoms with Gasteiger partial charge in [0.25, 0.3) is 5.92 Å². The summed E-state index contributed by atoms with van der Waals surface area (Å²) in [6, 6.07) is -1.20. The topological polar surface area (TPSA) is 38.3 Å². The van der Waals surface area contributed by atoms with Gasteiger partial charge in [-0.25, -0.2) is 8.78 Å². The molecule has 13 heavy (non-hydrogen) atoms. The normalized spacial score (nSPS) is 32.1. The van der Waals surface area contributed by atoms with Crippen LogP contribution in [0, 0.1) is 0 Å². The van der Waals surface area contributed by atoms with Gasteiger partial charge in [0.2, 0.25) is 5.91 Å². The lowest BCUT2D eigenvalue weighted by molar-refractivity contribution is -0.189. The minimum Gasteiger partial charge on any atom is -0.359 e. The molecule has 1 rings (SSSR count). The van der Waals surface area contributed by atoms with E-state index in [1.165, 1.54) is 20.8 Å². The van der Waals surface area contributed by atoms with E-state index in [1.807, 2.05) is 0 Å². The van der Waals surface area contributed by atoms with Gasteiger partial charge in [-0.1, -0.05) is 0 Å². The fourth-order valence-electron chi connectivity index (χ4n) is 1.24. The fourth-order valence-corrected chi connectivity index (χ4v) is 1.24. The Balaban J connectivity index is 2.96. The maximum absolute atomic E-state index is 13.5. The Labute approximate surface area is 75.4 Å². The molecule has 0 aromatic heterocycles. The molecule has 5 heteroatoms. The Morgan fingerprint density at radius 2 is 2.08 bits per heavy atom. The minimum atomic E-state index is -3.06. The lowest BCUT2D eigenvalue weighted by Crippen LogP contribution is -2.54. The summed E-state index contributed by atoms with van der Waals surface area (Å²) in [6.07, 6.45) is 0. The summed E-state index contributed by atoms with van der Waals surface area (Å²) in [5.74, 6) is -3.56. The SMILES string of the molecule is CC1NC(=O)COC(C)(C)C1(F)F. The van der Waals surface area contributed by atoms with Gasteiger partial charge in [-0.3, -0.25) is 4.79 Å². The van der Waals surface area contributed by atoms with Gasteiger partial charge < -0.3 is 10.1 Å². The number of hydrogen-bond donors (Lipinski definition) is 1. The zero-order chi connectivity index (χ0) is 10.3. The first-order valence-corrected chi connectivity index (χ1v) is 4.08. The molecule has 1 fully saturated rings. The first-order valence-electron chi connectivity index (χ1n) is 4.08. The van der Waals surface area contributed by atoms with Crippen molar-refractivity contribution in [1.82, 2.24) is 5.32 Å². The molecule has 0 spiro atoms. The van der Waals surface area contributed by atoms with Crippen molar-refractivity contribution in [3.05, 3.63) is 0 Å². The summed E-state index contributed by atoms with van der Waals surface area (Å²) in [5.41, 5.74) is -1.61. The molecule has 76 valence electrons. The van der Waals surface area contributed by atoms with Gasteiger partial charge in [-0.2, -0.15) is 0 Å². The Hall–Kier alpha value is -0.710. The summed E-state index contributed by atoms with van der Waals surface area (Å²) in [5, 5.41) is 2.17. The van der Waals surface area contributed by atoms with Gasteiger partial charge in [0, 0.05) is 0 Å². The van der Waals surface area contributed by atoms with Crippen LogP contribution >= 0.6 is 0 Å². The van der Waals surface area contributed by atoms with Gasteiger partial charge in [0.05, 0.1) is 6.04 Å². The molecule has 1 saturated heterocycles. The van der Waals surface area contributed by atoms with E-state index in [-0.39, 0.29) is 6.61 Å². The van der Waals surface area contributed by atoms with Crippen LogP contribution in [0.1, 0.15) is 20.8 Å². The number of carbonyl (C=O) groups is 1. The standard InChI is InChI=1S/C8H13F2NO2/c1-5-8(9,10)7(2,3)13-4-6(12)11-5/h5H,4H2,1-3H3,(H,11,12). The van der Waals surface area contributed by atoms with Crippen LogP contribution in [0.3, 0.4) is 0 Å². The second-order valence-electron chi connectivity index (χ2n) is 3.71. The van der Waals surface area contributed by atoms with E-state index < -0.39 is 23.5 Å². The van der Waals surface area contributed by atoms with E-state index in [0.29, 0.717) is 0 Å². The molecule has 1 atom stereocenters. The molecule has 0 radical (unpaired) electrons. The molecule has 1 unspecified atom stereocenters. The zero-order valence-corrected chi connectivity index (χ0v) is 7.86. The van der Waals surface area contributed by atoms with Crippen LogP contribution in [0.5, 0.6) is 0 Å². The number of hydrogen-bond acceptors (Lipinski definition) is 2. The Morgan fingerprint density at radius 1 is 1.54 bits per heavy atom. The number of amides is 1. The van der Waals surface area contributed by atoms with E-state index >= 15 is 0 Å². The third kappa shape index (κ3) is 1.65. The van der Waals surface area contributed by atoms with Crippen molar-refractivity contribution < 1.29 is 18.3 Å². The summed E-state index contributed by atoms with van der Waals surface area (Å²) >= 11 is 0. The van der Waals surface area contributed by atoms with Crippen LogP contribution in [0.4, 0.5) is 8.78 Å². The highest BCUT2D eigenvalue weighted by Gasteiger charge is 2.54. The molecule has 1 heterocycles. The van der Waals surface area contributed by atoms with Crippen molar-refractivity contribution >= 4 is 5.91 Å². The number of alkyl halides is 2. The zero-order valence-electron chi connectivity index (χ0n) is 7.86. The number of halogens is 2. The lowest BCUT2D eigenvalue weighted by atomic mass is 9.95. The van der Waals surface area contributed by atoms with Gasteiger partial charge in [0.1, 0.15) is 12.2 Å². The molecule has 1 N–H and O–H groups in total. The predicted octanol–water partition coefficient (Wildman–Crippen LogP) is 0.935.